The van der Waals surface area contributed by atoms with E-state index in [9.17, 15) is 14.4 Å². The number of carbonyl (C=O) groups is 1. The van der Waals surface area contributed by atoms with E-state index in [1.54, 1.807) is 24.3 Å². The van der Waals surface area contributed by atoms with Gasteiger partial charge < -0.3 is 10.3 Å². The van der Waals surface area contributed by atoms with Gasteiger partial charge in [0.25, 0.3) is 0 Å². The molecule has 0 unspecified atom stereocenters. The fourth-order valence-corrected chi connectivity index (χ4v) is 2.77. The summed E-state index contributed by atoms with van der Waals surface area (Å²) in [5.41, 5.74) is 2.27. The molecule has 1 aromatic heterocycles. The van der Waals surface area contributed by atoms with Crippen LogP contribution in [0.4, 0.5) is 5.69 Å². The lowest BCUT2D eigenvalue weighted by Gasteiger charge is -2.11. The molecule has 0 spiro atoms. The molecule has 6 heteroatoms. The van der Waals surface area contributed by atoms with Crippen molar-refractivity contribution in [1.82, 2.24) is 9.55 Å². The average Bonchev–Trinajstić information content (AvgIpc) is 2.50. The number of H-pyrrole nitrogens is 1. The molecule has 24 heavy (non-hydrogen) atoms. The first kappa shape index (κ1) is 15.7. The Morgan fingerprint density at radius 1 is 1.08 bits per heavy atom. The molecule has 1 heterocycles. The van der Waals surface area contributed by atoms with Gasteiger partial charge in [-0.1, -0.05) is 18.2 Å². The second-order valence-electron chi connectivity index (χ2n) is 5.79. The van der Waals surface area contributed by atoms with Crippen molar-refractivity contribution in [3.05, 3.63) is 74.3 Å². The van der Waals surface area contributed by atoms with Crippen LogP contribution in [0.15, 0.2) is 52.1 Å². The van der Waals surface area contributed by atoms with Gasteiger partial charge in [0.15, 0.2) is 0 Å². The Hall–Kier alpha value is -3.15. The number of anilines is 1. The maximum atomic E-state index is 12.3. The Morgan fingerprint density at radius 3 is 2.46 bits per heavy atom. The molecule has 0 aliphatic rings. The Kier molecular flexibility index (Phi) is 4.04. The van der Waals surface area contributed by atoms with Gasteiger partial charge in [-0.05, 0) is 49.2 Å². The lowest BCUT2D eigenvalue weighted by molar-refractivity contribution is -0.116. The Labute approximate surface area is 137 Å². The van der Waals surface area contributed by atoms with E-state index in [0.29, 0.717) is 16.7 Å². The second kappa shape index (κ2) is 6.16. The highest BCUT2D eigenvalue weighted by atomic mass is 16.2. The number of aryl methyl sites for hydroxylation is 2. The number of para-hydroxylation sites is 2. The van der Waals surface area contributed by atoms with E-state index in [0.717, 1.165) is 11.1 Å². The minimum Gasteiger partial charge on any atom is -0.325 e. The predicted octanol–water partition coefficient (Wildman–Crippen LogP) is 1.95. The molecule has 6 nitrogen and oxygen atoms in total. The Balaban J connectivity index is 1.95. The summed E-state index contributed by atoms with van der Waals surface area (Å²) in [5, 5.41) is 2.77. The zero-order valence-electron chi connectivity index (χ0n) is 13.4. The molecule has 3 aromatic rings. The summed E-state index contributed by atoms with van der Waals surface area (Å²) < 4.78 is 1.19. The minimum atomic E-state index is -0.746. The third-order valence-corrected chi connectivity index (χ3v) is 3.69. The van der Waals surface area contributed by atoms with Crippen LogP contribution in [0.3, 0.4) is 0 Å². The Bertz CT molecular complexity index is 1030. The molecule has 0 aliphatic heterocycles. The van der Waals surface area contributed by atoms with E-state index in [2.05, 4.69) is 10.3 Å². The van der Waals surface area contributed by atoms with Crippen LogP contribution in [-0.2, 0) is 11.3 Å². The number of aromatic amines is 1. The lowest BCUT2D eigenvalue weighted by atomic mass is 10.1. The van der Waals surface area contributed by atoms with Gasteiger partial charge in [-0.15, -0.1) is 0 Å². The largest absolute Gasteiger partial charge is 0.325 e. The number of aromatic nitrogens is 2. The van der Waals surface area contributed by atoms with Crippen molar-refractivity contribution in [3.63, 3.8) is 0 Å². The van der Waals surface area contributed by atoms with Crippen LogP contribution in [-0.4, -0.2) is 15.5 Å². The zero-order valence-corrected chi connectivity index (χ0v) is 13.4. The van der Waals surface area contributed by atoms with Gasteiger partial charge in [0.05, 0.1) is 11.0 Å². The van der Waals surface area contributed by atoms with Gasteiger partial charge in [0.1, 0.15) is 6.54 Å². The lowest BCUT2D eigenvalue weighted by Crippen LogP contribution is -2.38. The summed E-state index contributed by atoms with van der Waals surface area (Å²) in [6.07, 6.45) is 0. The second-order valence-corrected chi connectivity index (χ2v) is 5.79. The fourth-order valence-electron chi connectivity index (χ4n) is 2.77. The van der Waals surface area contributed by atoms with E-state index in [-0.39, 0.29) is 12.5 Å². The zero-order chi connectivity index (χ0) is 17.3. The SMILES string of the molecule is Cc1cc(C)cc(NC(=O)Cn2c(=O)c(=O)[nH]c3ccccc32)c1. The van der Waals surface area contributed by atoms with Crippen molar-refractivity contribution in [2.45, 2.75) is 20.4 Å². The molecule has 3 rings (SSSR count). The normalized spacial score (nSPS) is 10.8. The van der Waals surface area contributed by atoms with Crippen molar-refractivity contribution in [3.8, 4) is 0 Å². The molecular weight excluding hydrogens is 306 g/mol. The fraction of sp³-hybridized carbons (Fsp3) is 0.167. The van der Waals surface area contributed by atoms with Crippen molar-refractivity contribution in [2.24, 2.45) is 0 Å². The molecular formula is C18H17N3O3. The van der Waals surface area contributed by atoms with Gasteiger partial charge >= 0.3 is 11.1 Å². The smallest absolute Gasteiger partial charge is 0.317 e. The highest BCUT2D eigenvalue weighted by molar-refractivity contribution is 5.91. The number of rotatable bonds is 3. The van der Waals surface area contributed by atoms with E-state index < -0.39 is 11.1 Å². The summed E-state index contributed by atoms with van der Waals surface area (Å²) in [6, 6.07) is 12.6. The number of nitrogens with one attached hydrogen (secondary N) is 2. The summed E-state index contributed by atoms with van der Waals surface area (Å²) in [7, 11) is 0. The van der Waals surface area contributed by atoms with Gasteiger partial charge in [-0.3, -0.25) is 19.0 Å². The first-order valence-corrected chi connectivity index (χ1v) is 7.54. The molecule has 0 saturated heterocycles. The molecule has 2 N–H and O–H groups in total. The summed E-state index contributed by atoms with van der Waals surface area (Å²) in [5.74, 6) is -0.363. The third kappa shape index (κ3) is 3.12. The monoisotopic (exact) mass is 323 g/mol. The minimum absolute atomic E-state index is 0.226. The molecule has 0 bridgehead atoms. The molecule has 0 saturated carbocycles. The first-order chi connectivity index (χ1) is 11.4. The Morgan fingerprint density at radius 2 is 1.75 bits per heavy atom. The molecule has 0 fully saturated rings. The van der Waals surface area contributed by atoms with Crippen molar-refractivity contribution in [2.75, 3.05) is 5.32 Å². The highest BCUT2D eigenvalue weighted by Crippen LogP contribution is 2.14. The van der Waals surface area contributed by atoms with Gasteiger partial charge in [0, 0.05) is 5.69 Å². The molecule has 2 aromatic carbocycles. The van der Waals surface area contributed by atoms with E-state index >= 15 is 0 Å². The van der Waals surface area contributed by atoms with E-state index in [1.807, 2.05) is 32.0 Å². The first-order valence-electron chi connectivity index (χ1n) is 7.54. The third-order valence-electron chi connectivity index (χ3n) is 3.69. The summed E-state index contributed by atoms with van der Waals surface area (Å²) >= 11 is 0. The van der Waals surface area contributed by atoms with Crippen LogP contribution in [0.5, 0.6) is 0 Å². The number of nitrogens with zero attached hydrogens (tertiary/aromatic N) is 1. The molecule has 0 aliphatic carbocycles. The van der Waals surface area contributed by atoms with Crippen molar-refractivity contribution >= 4 is 22.6 Å². The summed E-state index contributed by atoms with van der Waals surface area (Å²) in [6.45, 7) is 3.66. The number of hydrogen-bond acceptors (Lipinski definition) is 3. The van der Waals surface area contributed by atoms with Gasteiger partial charge in [0.2, 0.25) is 5.91 Å². The van der Waals surface area contributed by atoms with Crippen LogP contribution >= 0.6 is 0 Å². The van der Waals surface area contributed by atoms with E-state index in [4.69, 9.17) is 0 Å². The predicted molar refractivity (Wildman–Crippen MR) is 93.4 cm³/mol. The number of carbonyl (C=O) groups excluding carboxylic acids is 1. The molecule has 122 valence electrons. The number of benzene rings is 2. The van der Waals surface area contributed by atoms with Crippen LogP contribution in [0.2, 0.25) is 0 Å². The maximum Gasteiger partial charge on any atom is 0.317 e. The highest BCUT2D eigenvalue weighted by Gasteiger charge is 2.11. The average molecular weight is 323 g/mol. The van der Waals surface area contributed by atoms with E-state index in [1.165, 1.54) is 4.57 Å². The molecule has 0 radical (unpaired) electrons. The van der Waals surface area contributed by atoms with Crippen LogP contribution in [0, 0.1) is 13.8 Å². The van der Waals surface area contributed by atoms with Crippen molar-refractivity contribution < 1.29 is 4.79 Å². The number of hydrogen-bond donors (Lipinski definition) is 2. The van der Waals surface area contributed by atoms with Gasteiger partial charge in [-0.25, -0.2) is 0 Å². The number of fused-ring (bicyclic) bond motifs is 1. The molecule has 1 amide bonds. The standard InChI is InChI=1S/C18H17N3O3/c1-11-7-12(2)9-13(8-11)19-16(22)10-21-15-6-4-3-5-14(15)20-17(23)18(21)24/h3-9H,10H2,1-2H3,(H,19,22)(H,20,23). The number of amides is 1. The topological polar surface area (TPSA) is 84.0 Å². The van der Waals surface area contributed by atoms with Crippen LogP contribution in [0.1, 0.15) is 11.1 Å². The molecule has 0 atom stereocenters. The van der Waals surface area contributed by atoms with Gasteiger partial charge in [-0.2, -0.15) is 0 Å². The van der Waals surface area contributed by atoms with Crippen LogP contribution < -0.4 is 16.4 Å². The summed E-state index contributed by atoms with van der Waals surface area (Å²) in [4.78, 5) is 38.7. The van der Waals surface area contributed by atoms with Crippen LogP contribution in [0.25, 0.3) is 11.0 Å². The maximum absolute atomic E-state index is 12.3. The quantitative estimate of drug-likeness (QED) is 0.723. The van der Waals surface area contributed by atoms with Crippen molar-refractivity contribution in [1.29, 1.82) is 0 Å².